The van der Waals surface area contributed by atoms with E-state index in [0.29, 0.717) is 0 Å². The summed E-state index contributed by atoms with van der Waals surface area (Å²) < 4.78 is 0. The van der Waals surface area contributed by atoms with Crippen molar-refractivity contribution in [1.29, 1.82) is 0 Å². The number of amides is 1. The van der Waals surface area contributed by atoms with Crippen LogP contribution in [0.15, 0.2) is 0 Å². The van der Waals surface area contributed by atoms with Gasteiger partial charge in [-0.3, -0.25) is 4.79 Å². The first-order valence-electron chi connectivity index (χ1n) is 10.5. The smallest absolute Gasteiger partial charge is 0.220 e. The van der Waals surface area contributed by atoms with Crippen molar-refractivity contribution in [3.8, 4) is 0 Å². The van der Waals surface area contributed by atoms with Crippen molar-refractivity contribution in [2.45, 2.75) is 77.7 Å². The van der Waals surface area contributed by atoms with Crippen LogP contribution < -0.4 is 4.90 Å². The van der Waals surface area contributed by atoms with E-state index in [1.165, 1.54) is 49.9 Å². The number of carbonyl (C=O) groups is 1. The Labute approximate surface area is 157 Å². The average Bonchev–Trinajstić information content (AvgIpc) is 3.13. The van der Waals surface area contributed by atoms with Crippen LogP contribution in [0.1, 0.15) is 81.4 Å². The van der Waals surface area contributed by atoms with Crippen LogP contribution in [0, 0.1) is 12.8 Å². The summed E-state index contributed by atoms with van der Waals surface area (Å²) in [5.74, 6) is 2.99. The van der Waals surface area contributed by atoms with Gasteiger partial charge in [0.15, 0.2) is 5.82 Å². The van der Waals surface area contributed by atoms with E-state index in [1.807, 2.05) is 4.90 Å². The van der Waals surface area contributed by atoms with Gasteiger partial charge in [0.25, 0.3) is 0 Å². The Morgan fingerprint density at radius 3 is 2.62 bits per heavy atom. The number of fused-ring (bicyclic) bond motifs is 1. The molecule has 1 amide bonds. The molecule has 1 aromatic heterocycles. The maximum absolute atomic E-state index is 12.0. The summed E-state index contributed by atoms with van der Waals surface area (Å²) in [6, 6.07) is 0.0648. The molecule has 26 heavy (non-hydrogen) atoms. The Balaban J connectivity index is 1.62. The Morgan fingerprint density at radius 1 is 1.04 bits per heavy atom. The highest BCUT2D eigenvalue weighted by atomic mass is 16.2. The Hall–Kier alpha value is -1.65. The molecule has 5 heteroatoms. The van der Waals surface area contributed by atoms with Crippen molar-refractivity contribution in [3.63, 3.8) is 0 Å². The van der Waals surface area contributed by atoms with Gasteiger partial charge in [0.05, 0.1) is 6.04 Å². The van der Waals surface area contributed by atoms with Gasteiger partial charge in [-0.05, 0) is 51.4 Å². The zero-order chi connectivity index (χ0) is 18.1. The molecule has 4 rings (SSSR count). The van der Waals surface area contributed by atoms with E-state index < -0.39 is 0 Å². The largest absolute Gasteiger partial charge is 0.356 e. The fourth-order valence-corrected chi connectivity index (χ4v) is 5.13. The summed E-state index contributed by atoms with van der Waals surface area (Å²) in [6.07, 6.45) is 11.2. The molecule has 1 atom stereocenters. The second-order valence-electron chi connectivity index (χ2n) is 8.39. The zero-order valence-electron chi connectivity index (χ0n) is 16.3. The number of rotatable bonds is 3. The van der Waals surface area contributed by atoms with E-state index in [1.54, 1.807) is 6.92 Å². The van der Waals surface area contributed by atoms with Gasteiger partial charge in [-0.15, -0.1) is 0 Å². The average molecular weight is 357 g/mol. The quantitative estimate of drug-likeness (QED) is 0.826. The van der Waals surface area contributed by atoms with E-state index >= 15 is 0 Å². The molecule has 1 aromatic rings. The van der Waals surface area contributed by atoms with Crippen molar-refractivity contribution in [1.82, 2.24) is 14.9 Å². The lowest BCUT2D eigenvalue weighted by Crippen LogP contribution is -2.37. The topological polar surface area (TPSA) is 49.3 Å². The molecule has 2 aliphatic heterocycles. The molecule has 0 unspecified atom stereocenters. The fourth-order valence-electron chi connectivity index (χ4n) is 5.13. The lowest BCUT2D eigenvalue weighted by Gasteiger charge is -2.35. The van der Waals surface area contributed by atoms with E-state index in [0.717, 1.165) is 56.3 Å². The molecular formula is C21H32N4O. The van der Waals surface area contributed by atoms with Crippen LogP contribution in [0.4, 0.5) is 5.82 Å². The lowest BCUT2D eigenvalue weighted by atomic mass is 9.88. The van der Waals surface area contributed by atoms with Crippen LogP contribution in [0.2, 0.25) is 0 Å². The van der Waals surface area contributed by atoms with E-state index in [9.17, 15) is 4.79 Å². The summed E-state index contributed by atoms with van der Waals surface area (Å²) in [7, 11) is 0. The molecule has 0 spiro atoms. The molecular weight excluding hydrogens is 324 g/mol. The van der Waals surface area contributed by atoms with Crippen LogP contribution in [-0.2, 0) is 11.2 Å². The van der Waals surface area contributed by atoms with Gasteiger partial charge in [0.1, 0.15) is 5.82 Å². The first kappa shape index (κ1) is 17.7. The number of nitrogens with zero attached hydrogens (tertiary/aromatic N) is 4. The third kappa shape index (κ3) is 3.45. The molecule has 0 radical (unpaired) electrons. The first-order valence-corrected chi connectivity index (χ1v) is 10.5. The molecule has 5 nitrogen and oxygen atoms in total. The van der Waals surface area contributed by atoms with Crippen molar-refractivity contribution in [2.24, 2.45) is 5.92 Å². The van der Waals surface area contributed by atoms with Gasteiger partial charge >= 0.3 is 0 Å². The molecule has 1 saturated heterocycles. The number of aromatic nitrogens is 2. The minimum absolute atomic E-state index is 0.0648. The number of aryl methyl sites for hydroxylation is 1. The molecule has 0 N–H and O–H groups in total. The Kier molecular flexibility index (Phi) is 5.14. The molecule has 0 bridgehead atoms. The van der Waals surface area contributed by atoms with Crippen LogP contribution in [0.25, 0.3) is 0 Å². The standard InChI is InChI=1S/C21H32N4O/c1-15-18-10-6-12-24(14-17-8-4-3-5-9-17)21(18)23-20(22-15)19-11-7-13-25(19)16(2)26/h17,19H,3-14H2,1-2H3/t19-/m0/s1. The highest BCUT2D eigenvalue weighted by Crippen LogP contribution is 2.35. The van der Waals surface area contributed by atoms with Gasteiger partial charge in [0, 0.05) is 37.8 Å². The van der Waals surface area contributed by atoms with Gasteiger partial charge in [0.2, 0.25) is 5.91 Å². The monoisotopic (exact) mass is 356 g/mol. The van der Waals surface area contributed by atoms with Crippen LogP contribution in [0.3, 0.4) is 0 Å². The van der Waals surface area contributed by atoms with Gasteiger partial charge < -0.3 is 9.80 Å². The zero-order valence-corrected chi connectivity index (χ0v) is 16.3. The number of hydrogen-bond acceptors (Lipinski definition) is 4. The maximum atomic E-state index is 12.0. The Morgan fingerprint density at radius 2 is 1.85 bits per heavy atom. The molecule has 3 heterocycles. The number of anilines is 1. The second-order valence-corrected chi connectivity index (χ2v) is 8.39. The van der Waals surface area contributed by atoms with E-state index in [-0.39, 0.29) is 11.9 Å². The number of likely N-dealkylation sites (tertiary alicyclic amines) is 1. The van der Waals surface area contributed by atoms with Crippen LogP contribution in [0.5, 0.6) is 0 Å². The summed E-state index contributed by atoms with van der Waals surface area (Å²) in [4.78, 5) is 26.4. The van der Waals surface area contributed by atoms with Crippen molar-refractivity contribution in [3.05, 3.63) is 17.1 Å². The third-order valence-corrected chi connectivity index (χ3v) is 6.52. The normalized spacial score (nSPS) is 24.0. The highest BCUT2D eigenvalue weighted by molar-refractivity contribution is 5.74. The fraction of sp³-hybridized carbons (Fsp3) is 0.762. The molecule has 0 aromatic carbocycles. The number of carbonyl (C=O) groups excluding carboxylic acids is 1. The van der Waals surface area contributed by atoms with Crippen molar-refractivity contribution in [2.75, 3.05) is 24.5 Å². The summed E-state index contributed by atoms with van der Waals surface area (Å²) in [6.45, 7) is 6.88. The number of hydrogen-bond donors (Lipinski definition) is 0. The molecule has 3 aliphatic rings. The van der Waals surface area contributed by atoms with Crippen LogP contribution >= 0.6 is 0 Å². The second kappa shape index (κ2) is 7.53. The first-order chi connectivity index (χ1) is 12.6. The predicted octanol–water partition coefficient (Wildman–Crippen LogP) is 3.80. The summed E-state index contributed by atoms with van der Waals surface area (Å²) in [5, 5.41) is 0. The van der Waals surface area contributed by atoms with Crippen molar-refractivity contribution < 1.29 is 4.79 Å². The molecule has 2 fully saturated rings. The van der Waals surface area contributed by atoms with E-state index in [4.69, 9.17) is 9.97 Å². The molecule has 142 valence electrons. The van der Waals surface area contributed by atoms with Gasteiger partial charge in [-0.1, -0.05) is 19.3 Å². The minimum atomic E-state index is 0.0648. The van der Waals surface area contributed by atoms with Crippen LogP contribution in [-0.4, -0.2) is 40.4 Å². The molecule has 1 saturated carbocycles. The third-order valence-electron chi connectivity index (χ3n) is 6.52. The minimum Gasteiger partial charge on any atom is -0.356 e. The van der Waals surface area contributed by atoms with Crippen molar-refractivity contribution >= 4 is 11.7 Å². The SMILES string of the molecule is CC(=O)N1CCC[C@H]1c1nc(C)c2c(n1)N(CC1CCCCC1)CCC2. The summed E-state index contributed by atoms with van der Waals surface area (Å²) >= 11 is 0. The van der Waals surface area contributed by atoms with Gasteiger partial charge in [-0.25, -0.2) is 9.97 Å². The van der Waals surface area contributed by atoms with E-state index in [2.05, 4.69) is 11.8 Å². The predicted molar refractivity (Wildman–Crippen MR) is 103 cm³/mol. The molecule has 1 aliphatic carbocycles. The lowest BCUT2D eigenvalue weighted by molar-refractivity contribution is -0.129. The highest BCUT2D eigenvalue weighted by Gasteiger charge is 2.32. The maximum Gasteiger partial charge on any atom is 0.220 e. The van der Waals surface area contributed by atoms with Gasteiger partial charge in [-0.2, -0.15) is 0 Å². The summed E-state index contributed by atoms with van der Waals surface area (Å²) in [5.41, 5.74) is 2.46. The Bertz CT molecular complexity index is 668.